The summed E-state index contributed by atoms with van der Waals surface area (Å²) in [4.78, 5) is 25.1. The molecular formula is C16H19N3O4S. The largest absolute Gasteiger partial charge is 0.459 e. The lowest BCUT2D eigenvalue weighted by Crippen LogP contribution is -2.46. The number of benzene rings is 1. The van der Waals surface area contributed by atoms with E-state index in [9.17, 15) is 14.9 Å². The lowest BCUT2D eigenvalue weighted by molar-refractivity contribution is -0.385. The number of ether oxygens (including phenoxy) is 1. The van der Waals surface area contributed by atoms with Gasteiger partial charge in [0.2, 0.25) is 0 Å². The maximum absolute atomic E-state index is 12.6. The molecule has 1 heterocycles. The first-order valence-corrected chi connectivity index (χ1v) is 7.84. The standard InChI is InChI=1S/C16H19N3O4S/c1-9(2)23-15(20)13-10(3)18(4)16(24)17-14(13)11-7-5-6-8-12(11)19(21)22/h5-9,14H,1-4H3,(H,17,24). The summed E-state index contributed by atoms with van der Waals surface area (Å²) in [5.41, 5.74) is 1.21. The van der Waals surface area contributed by atoms with Gasteiger partial charge in [0.25, 0.3) is 5.69 Å². The zero-order chi connectivity index (χ0) is 18.0. The minimum absolute atomic E-state index is 0.0787. The van der Waals surface area contributed by atoms with Crippen molar-refractivity contribution in [3.8, 4) is 0 Å². The van der Waals surface area contributed by atoms with Crippen molar-refractivity contribution in [2.24, 2.45) is 0 Å². The molecule has 1 atom stereocenters. The second kappa shape index (κ2) is 6.96. The summed E-state index contributed by atoms with van der Waals surface area (Å²) in [6.07, 6.45) is -0.302. The Balaban J connectivity index is 2.60. The summed E-state index contributed by atoms with van der Waals surface area (Å²) in [6, 6.07) is 5.55. The first-order valence-electron chi connectivity index (χ1n) is 7.43. The third-order valence-electron chi connectivity index (χ3n) is 3.76. The Morgan fingerprint density at radius 3 is 2.62 bits per heavy atom. The number of esters is 1. The maximum Gasteiger partial charge on any atom is 0.338 e. The molecule has 0 radical (unpaired) electrons. The van der Waals surface area contributed by atoms with Crippen LogP contribution >= 0.6 is 12.2 Å². The number of nitro benzene ring substituents is 1. The summed E-state index contributed by atoms with van der Waals surface area (Å²) in [5.74, 6) is -0.521. The van der Waals surface area contributed by atoms with Crippen molar-refractivity contribution in [1.29, 1.82) is 0 Å². The van der Waals surface area contributed by atoms with Crippen molar-refractivity contribution in [1.82, 2.24) is 10.2 Å². The van der Waals surface area contributed by atoms with Gasteiger partial charge in [-0.3, -0.25) is 10.1 Å². The number of nitro groups is 1. The van der Waals surface area contributed by atoms with Gasteiger partial charge >= 0.3 is 5.97 Å². The van der Waals surface area contributed by atoms with Crippen LogP contribution in [0.25, 0.3) is 0 Å². The predicted octanol–water partition coefficient (Wildman–Crippen LogP) is 2.68. The van der Waals surface area contributed by atoms with Crippen LogP contribution in [0.5, 0.6) is 0 Å². The van der Waals surface area contributed by atoms with E-state index in [1.807, 2.05) is 0 Å². The zero-order valence-electron chi connectivity index (χ0n) is 13.9. The van der Waals surface area contributed by atoms with Crippen LogP contribution in [0.4, 0.5) is 5.69 Å². The summed E-state index contributed by atoms with van der Waals surface area (Å²) in [7, 11) is 1.73. The van der Waals surface area contributed by atoms with Crippen LogP contribution in [0.2, 0.25) is 0 Å². The van der Waals surface area contributed by atoms with Crippen molar-refractivity contribution < 1.29 is 14.5 Å². The van der Waals surface area contributed by atoms with Crippen molar-refractivity contribution in [2.75, 3.05) is 7.05 Å². The van der Waals surface area contributed by atoms with Gasteiger partial charge in [-0.05, 0) is 39.1 Å². The fourth-order valence-electron chi connectivity index (χ4n) is 2.51. The number of para-hydroxylation sites is 1. The Morgan fingerprint density at radius 2 is 2.04 bits per heavy atom. The maximum atomic E-state index is 12.6. The van der Waals surface area contributed by atoms with Crippen LogP contribution in [-0.2, 0) is 9.53 Å². The quantitative estimate of drug-likeness (QED) is 0.387. The van der Waals surface area contributed by atoms with Gasteiger partial charge in [0.1, 0.15) is 0 Å². The van der Waals surface area contributed by atoms with Crippen molar-refractivity contribution in [2.45, 2.75) is 32.9 Å². The van der Waals surface area contributed by atoms with Gasteiger partial charge in [-0.15, -0.1) is 0 Å². The highest BCUT2D eigenvalue weighted by Crippen LogP contribution is 2.35. The topological polar surface area (TPSA) is 84.7 Å². The smallest absolute Gasteiger partial charge is 0.338 e. The van der Waals surface area contributed by atoms with Gasteiger partial charge in [0, 0.05) is 18.8 Å². The molecule has 2 rings (SSSR count). The highest BCUT2D eigenvalue weighted by atomic mass is 32.1. The van der Waals surface area contributed by atoms with Crippen LogP contribution in [0.1, 0.15) is 32.4 Å². The molecule has 0 saturated carbocycles. The summed E-state index contributed by atoms with van der Waals surface area (Å²) < 4.78 is 5.32. The average molecular weight is 349 g/mol. The van der Waals surface area contributed by atoms with E-state index in [0.29, 0.717) is 21.9 Å². The highest BCUT2D eigenvalue weighted by molar-refractivity contribution is 7.80. The molecule has 1 aromatic rings. The molecule has 128 valence electrons. The molecule has 0 aliphatic carbocycles. The number of rotatable bonds is 4. The molecule has 0 saturated heterocycles. The molecule has 0 spiro atoms. The van der Waals surface area contributed by atoms with Gasteiger partial charge in [-0.2, -0.15) is 0 Å². The van der Waals surface area contributed by atoms with Crippen LogP contribution in [0.15, 0.2) is 35.5 Å². The van der Waals surface area contributed by atoms with Crippen LogP contribution in [-0.4, -0.2) is 34.1 Å². The molecule has 0 aromatic heterocycles. The van der Waals surface area contributed by atoms with E-state index in [1.165, 1.54) is 6.07 Å². The molecule has 1 unspecified atom stereocenters. The third kappa shape index (κ3) is 3.38. The van der Waals surface area contributed by atoms with Gasteiger partial charge in [-0.1, -0.05) is 12.1 Å². The molecule has 1 aromatic carbocycles. The molecular weight excluding hydrogens is 330 g/mol. The van der Waals surface area contributed by atoms with Crippen molar-refractivity contribution in [3.05, 3.63) is 51.2 Å². The van der Waals surface area contributed by atoms with E-state index < -0.39 is 16.9 Å². The number of carbonyl (C=O) groups is 1. The lowest BCUT2D eigenvalue weighted by Gasteiger charge is -2.35. The van der Waals surface area contributed by atoms with Crippen LogP contribution < -0.4 is 5.32 Å². The minimum Gasteiger partial charge on any atom is -0.459 e. The molecule has 0 fully saturated rings. The van der Waals surface area contributed by atoms with Gasteiger partial charge in [0.05, 0.1) is 28.2 Å². The Morgan fingerprint density at radius 1 is 1.42 bits per heavy atom. The molecule has 24 heavy (non-hydrogen) atoms. The normalized spacial score (nSPS) is 17.8. The molecule has 1 N–H and O–H groups in total. The number of nitrogens with zero attached hydrogens (tertiary/aromatic N) is 2. The number of hydrogen-bond donors (Lipinski definition) is 1. The van der Waals surface area contributed by atoms with Gasteiger partial charge in [0.15, 0.2) is 5.11 Å². The van der Waals surface area contributed by atoms with Crippen molar-refractivity contribution in [3.63, 3.8) is 0 Å². The Labute approximate surface area is 145 Å². The summed E-state index contributed by atoms with van der Waals surface area (Å²) in [6.45, 7) is 5.24. The number of carbonyl (C=O) groups excluding carboxylic acids is 1. The Kier molecular flexibility index (Phi) is 5.18. The molecule has 7 nitrogen and oxygen atoms in total. The molecule has 1 aliphatic heterocycles. The molecule has 1 aliphatic rings. The number of allylic oxidation sites excluding steroid dienone is 1. The Bertz CT molecular complexity index is 730. The summed E-state index contributed by atoms with van der Waals surface area (Å²) in [5, 5.41) is 14.7. The van der Waals surface area contributed by atoms with Gasteiger partial charge < -0.3 is 15.0 Å². The van der Waals surface area contributed by atoms with E-state index in [-0.39, 0.29) is 11.8 Å². The van der Waals surface area contributed by atoms with E-state index in [2.05, 4.69) is 5.32 Å². The second-order valence-corrected chi connectivity index (χ2v) is 6.10. The zero-order valence-corrected chi connectivity index (χ0v) is 14.7. The molecule has 0 bridgehead atoms. The lowest BCUT2D eigenvalue weighted by atomic mass is 9.94. The fourth-order valence-corrected chi connectivity index (χ4v) is 2.76. The number of hydrogen-bond acceptors (Lipinski definition) is 5. The van der Waals surface area contributed by atoms with E-state index in [0.717, 1.165) is 0 Å². The van der Waals surface area contributed by atoms with Crippen molar-refractivity contribution >= 4 is 29.0 Å². The first kappa shape index (κ1) is 17.9. The SMILES string of the molecule is CC1=C(C(=O)OC(C)C)C(c2ccccc2[N+](=O)[O-])NC(=S)N1C. The summed E-state index contributed by atoms with van der Waals surface area (Å²) >= 11 is 5.28. The molecule has 8 heteroatoms. The number of nitrogens with one attached hydrogen (secondary N) is 1. The minimum atomic E-state index is -0.735. The van der Waals surface area contributed by atoms with E-state index >= 15 is 0 Å². The van der Waals surface area contributed by atoms with Crippen LogP contribution in [0.3, 0.4) is 0 Å². The number of thiocarbonyl (C=S) groups is 1. The average Bonchev–Trinajstić information content (AvgIpc) is 2.51. The fraction of sp³-hybridized carbons (Fsp3) is 0.375. The first-order chi connectivity index (χ1) is 11.2. The predicted molar refractivity (Wildman–Crippen MR) is 93.3 cm³/mol. The van der Waals surface area contributed by atoms with Crippen LogP contribution in [0, 0.1) is 10.1 Å². The Hall–Kier alpha value is -2.48. The highest BCUT2D eigenvalue weighted by Gasteiger charge is 2.36. The second-order valence-electron chi connectivity index (χ2n) is 5.71. The van der Waals surface area contributed by atoms with Gasteiger partial charge in [-0.25, -0.2) is 4.79 Å². The molecule has 0 amide bonds. The third-order valence-corrected chi connectivity index (χ3v) is 4.15. The van der Waals surface area contributed by atoms with E-state index in [1.54, 1.807) is 50.9 Å². The monoisotopic (exact) mass is 349 g/mol. The van der Waals surface area contributed by atoms with E-state index in [4.69, 9.17) is 17.0 Å².